The molecule has 21 heavy (non-hydrogen) atoms. The molecule has 5 nitrogen and oxygen atoms in total. The molecule has 2 rings (SSSR count). The predicted octanol–water partition coefficient (Wildman–Crippen LogP) is 1.97. The summed E-state index contributed by atoms with van der Waals surface area (Å²) >= 11 is 11.5. The van der Waals surface area contributed by atoms with E-state index in [2.05, 4.69) is 0 Å². The molecule has 0 bridgehead atoms. The standard InChI is InChI=1S/C13H13Cl2FN2O3/c14-9-6-10(15)11(16)5-8(9)13(21)18-3-1-17(2-4-18)7-12(19)20/h5-6H,1-4,7H2,(H,19,20). The van der Waals surface area contributed by atoms with Crippen molar-refractivity contribution in [2.75, 3.05) is 32.7 Å². The number of carbonyl (C=O) groups is 2. The molecule has 1 N–H and O–H groups in total. The van der Waals surface area contributed by atoms with E-state index in [4.69, 9.17) is 28.3 Å². The Labute approximate surface area is 130 Å². The van der Waals surface area contributed by atoms with Gasteiger partial charge in [-0.15, -0.1) is 0 Å². The van der Waals surface area contributed by atoms with Crippen molar-refractivity contribution >= 4 is 35.1 Å². The smallest absolute Gasteiger partial charge is 0.317 e. The van der Waals surface area contributed by atoms with Crippen molar-refractivity contribution in [3.05, 3.63) is 33.6 Å². The van der Waals surface area contributed by atoms with Crippen molar-refractivity contribution < 1.29 is 19.1 Å². The van der Waals surface area contributed by atoms with Crippen LogP contribution in [0.4, 0.5) is 4.39 Å². The summed E-state index contributed by atoms with van der Waals surface area (Å²) < 4.78 is 13.5. The fourth-order valence-corrected chi connectivity index (χ4v) is 2.62. The molecule has 1 aromatic carbocycles. The van der Waals surface area contributed by atoms with Crippen molar-refractivity contribution in [2.45, 2.75) is 0 Å². The van der Waals surface area contributed by atoms with Crippen LogP contribution in [0, 0.1) is 5.82 Å². The first-order valence-electron chi connectivity index (χ1n) is 6.26. The Morgan fingerprint density at radius 1 is 1.14 bits per heavy atom. The molecular formula is C13H13Cl2FN2O3. The third kappa shape index (κ3) is 3.84. The molecule has 114 valence electrons. The molecule has 0 unspecified atom stereocenters. The molecular weight excluding hydrogens is 322 g/mol. The van der Waals surface area contributed by atoms with Gasteiger partial charge in [0.1, 0.15) is 5.82 Å². The first kappa shape index (κ1) is 16.0. The number of piperazine rings is 1. The Hall–Kier alpha value is -1.37. The quantitative estimate of drug-likeness (QED) is 0.858. The second-order valence-electron chi connectivity index (χ2n) is 4.71. The average molecular weight is 335 g/mol. The summed E-state index contributed by atoms with van der Waals surface area (Å²) in [5.74, 6) is -1.99. The van der Waals surface area contributed by atoms with E-state index in [1.165, 1.54) is 11.0 Å². The minimum Gasteiger partial charge on any atom is -0.480 e. The van der Waals surface area contributed by atoms with Crippen LogP contribution >= 0.6 is 23.2 Å². The van der Waals surface area contributed by atoms with Gasteiger partial charge in [-0.3, -0.25) is 14.5 Å². The topological polar surface area (TPSA) is 60.9 Å². The molecule has 0 saturated carbocycles. The molecule has 1 aliphatic heterocycles. The number of carboxylic acid groups (broad SMARTS) is 1. The van der Waals surface area contributed by atoms with Gasteiger partial charge in [-0.1, -0.05) is 23.2 Å². The van der Waals surface area contributed by atoms with Crippen molar-refractivity contribution in [3.8, 4) is 0 Å². The summed E-state index contributed by atoms with van der Waals surface area (Å²) in [6.07, 6.45) is 0. The van der Waals surface area contributed by atoms with Crippen LogP contribution in [0.1, 0.15) is 10.4 Å². The van der Waals surface area contributed by atoms with E-state index in [0.717, 1.165) is 6.07 Å². The van der Waals surface area contributed by atoms with E-state index in [-0.39, 0.29) is 28.1 Å². The van der Waals surface area contributed by atoms with Crippen LogP contribution in [0.3, 0.4) is 0 Å². The van der Waals surface area contributed by atoms with Gasteiger partial charge in [0.25, 0.3) is 5.91 Å². The lowest BCUT2D eigenvalue weighted by Gasteiger charge is -2.34. The Bertz CT molecular complexity index is 575. The molecule has 0 spiro atoms. The molecule has 0 radical (unpaired) electrons. The highest BCUT2D eigenvalue weighted by molar-refractivity contribution is 6.36. The zero-order chi connectivity index (χ0) is 15.6. The summed E-state index contributed by atoms with van der Waals surface area (Å²) in [5, 5.41) is 8.68. The molecule has 8 heteroatoms. The molecule has 1 aliphatic rings. The van der Waals surface area contributed by atoms with Crippen molar-refractivity contribution in [1.29, 1.82) is 0 Å². The summed E-state index contributed by atoms with van der Waals surface area (Å²) in [5.41, 5.74) is 0.0604. The Morgan fingerprint density at radius 3 is 2.33 bits per heavy atom. The number of carboxylic acids is 1. The lowest BCUT2D eigenvalue weighted by atomic mass is 10.1. The molecule has 1 amide bonds. The number of hydrogen-bond donors (Lipinski definition) is 1. The van der Waals surface area contributed by atoms with E-state index < -0.39 is 11.8 Å². The first-order chi connectivity index (χ1) is 9.88. The van der Waals surface area contributed by atoms with Gasteiger partial charge < -0.3 is 10.0 Å². The number of halogens is 3. The van der Waals surface area contributed by atoms with Crippen LogP contribution in [-0.2, 0) is 4.79 Å². The summed E-state index contributed by atoms with van der Waals surface area (Å²) in [6.45, 7) is 1.58. The lowest BCUT2D eigenvalue weighted by Crippen LogP contribution is -2.49. The second-order valence-corrected chi connectivity index (χ2v) is 5.52. The Balaban J connectivity index is 2.05. The maximum absolute atomic E-state index is 13.5. The predicted molar refractivity (Wildman–Crippen MR) is 76.4 cm³/mol. The maximum Gasteiger partial charge on any atom is 0.317 e. The number of aliphatic carboxylic acids is 1. The molecule has 0 aromatic heterocycles. The zero-order valence-electron chi connectivity index (χ0n) is 11.0. The molecule has 1 saturated heterocycles. The van der Waals surface area contributed by atoms with E-state index in [9.17, 15) is 14.0 Å². The van der Waals surface area contributed by atoms with Gasteiger partial charge in [0.15, 0.2) is 0 Å². The van der Waals surface area contributed by atoms with Crippen LogP contribution in [0.2, 0.25) is 10.0 Å². The van der Waals surface area contributed by atoms with Gasteiger partial charge in [-0.25, -0.2) is 4.39 Å². The van der Waals surface area contributed by atoms with Crippen LogP contribution in [-0.4, -0.2) is 59.5 Å². The van der Waals surface area contributed by atoms with Crippen LogP contribution in [0.15, 0.2) is 12.1 Å². The highest BCUT2D eigenvalue weighted by Crippen LogP contribution is 2.25. The fourth-order valence-electron chi connectivity index (χ4n) is 2.16. The molecule has 0 aliphatic carbocycles. The number of hydrogen-bond acceptors (Lipinski definition) is 3. The monoisotopic (exact) mass is 334 g/mol. The van der Waals surface area contributed by atoms with Crippen molar-refractivity contribution in [2.24, 2.45) is 0 Å². The van der Waals surface area contributed by atoms with Gasteiger partial charge in [-0.05, 0) is 12.1 Å². The van der Waals surface area contributed by atoms with Gasteiger partial charge in [0.2, 0.25) is 0 Å². The number of nitrogens with zero attached hydrogens (tertiary/aromatic N) is 2. The number of amides is 1. The highest BCUT2D eigenvalue weighted by Gasteiger charge is 2.25. The van der Waals surface area contributed by atoms with Crippen LogP contribution < -0.4 is 0 Å². The van der Waals surface area contributed by atoms with Crippen molar-refractivity contribution in [1.82, 2.24) is 9.80 Å². The second kappa shape index (κ2) is 6.60. The first-order valence-corrected chi connectivity index (χ1v) is 7.02. The van der Waals surface area contributed by atoms with Gasteiger partial charge in [0, 0.05) is 26.2 Å². The fraction of sp³-hybridized carbons (Fsp3) is 0.385. The number of carbonyl (C=O) groups excluding carboxylic acids is 1. The van der Waals surface area contributed by atoms with Crippen molar-refractivity contribution in [3.63, 3.8) is 0 Å². The number of rotatable bonds is 3. The summed E-state index contributed by atoms with van der Waals surface area (Å²) in [4.78, 5) is 26.2. The van der Waals surface area contributed by atoms with Crippen LogP contribution in [0.25, 0.3) is 0 Å². The molecule has 1 aromatic rings. The molecule has 1 heterocycles. The minimum atomic E-state index is -0.905. The Kier molecular flexibility index (Phi) is 5.03. The summed E-state index contributed by atoms with van der Waals surface area (Å²) in [7, 11) is 0. The largest absolute Gasteiger partial charge is 0.480 e. The minimum absolute atomic E-state index is 0.0572. The van der Waals surface area contributed by atoms with E-state index >= 15 is 0 Å². The molecule has 0 atom stereocenters. The average Bonchev–Trinajstić information content (AvgIpc) is 2.42. The van der Waals surface area contributed by atoms with Gasteiger partial charge in [0.05, 0.1) is 22.2 Å². The number of benzene rings is 1. The summed E-state index contributed by atoms with van der Waals surface area (Å²) in [6, 6.07) is 2.23. The van der Waals surface area contributed by atoms with E-state index in [0.29, 0.717) is 26.2 Å². The SMILES string of the molecule is O=C(O)CN1CCN(C(=O)c2cc(F)c(Cl)cc2Cl)CC1. The third-order valence-corrected chi connectivity index (χ3v) is 3.86. The maximum atomic E-state index is 13.5. The van der Waals surface area contributed by atoms with Crippen LogP contribution in [0.5, 0.6) is 0 Å². The van der Waals surface area contributed by atoms with Gasteiger partial charge >= 0.3 is 5.97 Å². The highest BCUT2D eigenvalue weighted by atomic mass is 35.5. The lowest BCUT2D eigenvalue weighted by molar-refractivity contribution is -0.138. The zero-order valence-corrected chi connectivity index (χ0v) is 12.5. The molecule has 1 fully saturated rings. The third-order valence-electron chi connectivity index (χ3n) is 3.26. The Morgan fingerprint density at radius 2 is 1.76 bits per heavy atom. The van der Waals surface area contributed by atoms with E-state index in [1.54, 1.807) is 4.90 Å². The van der Waals surface area contributed by atoms with Gasteiger partial charge in [-0.2, -0.15) is 0 Å². The normalized spacial score (nSPS) is 16.0. The van der Waals surface area contributed by atoms with E-state index in [1.807, 2.05) is 0 Å².